The first-order chi connectivity index (χ1) is 9.70. The van der Waals surface area contributed by atoms with E-state index in [-0.39, 0.29) is 28.4 Å². The van der Waals surface area contributed by atoms with Crippen molar-refractivity contribution in [3.8, 4) is 0 Å². The second-order valence-electron chi connectivity index (χ2n) is 4.74. The number of hydrogen-bond acceptors (Lipinski definition) is 5. The number of nitrogens with two attached hydrogens (primary N) is 1. The van der Waals surface area contributed by atoms with Gasteiger partial charge in [0.25, 0.3) is 0 Å². The molecule has 0 aliphatic carbocycles. The molecule has 21 heavy (non-hydrogen) atoms. The number of halogens is 1. The number of hydrogen-bond donors (Lipinski definition) is 3. The first-order valence-corrected chi connectivity index (χ1v) is 7.98. The van der Waals surface area contributed by atoms with Gasteiger partial charge in [0.2, 0.25) is 21.8 Å². The number of carbonyl (C=O) groups excluding carboxylic acids is 2. The van der Waals surface area contributed by atoms with Gasteiger partial charge in [-0.1, -0.05) is 11.6 Å². The number of nitrogens with one attached hydrogen (secondary N) is 2. The number of nitrogen functional groups attached to an aromatic ring is 1. The van der Waals surface area contributed by atoms with E-state index in [1.807, 2.05) is 0 Å². The highest BCUT2D eigenvalue weighted by atomic mass is 35.5. The van der Waals surface area contributed by atoms with Crippen molar-refractivity contribution in [2.75, 3.05) is 5.73 Å². The second kappa shape index (κ2) is 5.63. The Morgan fingerprint density at radius 1 is 1.38 bits per heavy atom. The summed E-state index contributed by atoms with van der Waals surface area (Å²) in [6.07, 6.45) is 0.189. The largest absolute Gasteiger partial charge is 0.398 e. The molecular weight excluding hydrogens is 318 g/mol. The van der Waals surface area contributed by atoms with Gasteiger partial charge in [0, 0.05) is 17.1 Å². The number of amides is 2. The third-order valence-electron chi connectivity index (χ3n) is 3.20. The monoisotopic (exact) mass is 331 g/mol. The summed E-state index contributed by atoms with van der Waals surface area (Å²) < 4.78 is 26.8. The van der Waals surface area contributed by atoms with Crippen molar-refractivity contribution in [1.82, 2.24) is 10.0 Å². The Bertz CT molecular complexity index is 694. The molecule has 0 bridgehead atoms. The fourth-order valence-corrected chi connectivity index (χ4v) is 3.47. The smallest absolute Gasteiger partial charge is 0.244 e. The topological polar surface area (TPSA) is 118 Å². The average Bonchev–Trinajstić information content (AvgIpc) is 2.38. The highest BCUT2D eigenvalue weighted by Crippen LogP contribution is 2.26. The van der Waals surface area contributed by atoms with E-state index in [0.717, 1.165) is 0 Å². The fraction of sp³-hybridized carbons (Fsp3) is 0.333. The maximum atomic E-state index is 12.3. The van der Waals surface area contributed by atoms with Gasteiger partial charge in [-0.05, 0) is 31.0 Å². The van der Waals surface area contributed by atoms with Crippen LogP contribution in [0.15, 0.2) is 17.0 Å². The van der Waals surface area contributed by atoms with Crippen LogP contribution in [0.3, 0.4) is 0 Å². The number of anilines is 1. The molecule has 1 aliphatic rings. The number of benzene rings is 1. The number of carbonyl (C=O) groups is 2. The molecule has 1 aromatic carbocycles. The van der Waals surface area contributed by atoms with Crippen LogP contribution in [-0.2, 0) is 19.6 Å². The predicted octanol–water partition coefficient (Wildman–Crippen LogP) is 0.314. The Balaban J connectivity index is 2.27. The summed E-state index contributed by atoms with van der Waals surface area (Å²) in [7, 11) is -3.96. The molecule has 0 radical (unpaired) electrons. The number of piperidine rings is 1. The molecule has 0 saturated carbocycles. The molecule has 0 aromatic heterocycles. The predicted molar refractivity (Wildman–Crippen MR) is 77.1 cm³/mol. The van der Waals surface area contributed by atoms with E-state index in [1.54, 1.807) is 6.92 Å². The van der Waals surface area contributed by atoms with E-state index in [4.69, 9.17) is 17.3 Å². The summed E-state index contributed by atoms with van der Waals surface area (Å²) in [6, 6.07) is 1.55. The Morgan fingerprint density at radius 3 is 2.62 bits per heavy atom. The number of imide groups is 1. The molecule has 7 nitrogen and oxygen atoms in total. The van der Waals surface area contributed by atoms with E-state index >= 15 is 0 Å². The molecule has 9 heteroatoms. The normalized spacial score (nSPS) is 19.4. The molecule has 1 saturated heterocycles. The molecule has 1 aliphatic heterocycles. The minimum atomic E-state index is -3.96. The molecule has 2 amide bonds. The zero-order chi connectivity index (χ0) is 15.8. The van der Waals surface area contributed by atoms with Crippen LogP contribution in [0.1, 0.15) is 18.4 Å². The van der Waals surface area contributed by atoms with Gasteiger partial charge in [-0.15, -0.1) is 0 Å². The fourth-order valence-electron chi connectivity index (χ4n) is 1.89. The summed E-state index contributed by atoms with van der Waals surface area (Å²) in [4.78, 5) is 22.5. The molecule has 0 spiro atoms. The van der Waals surface area contributed by atoms with Crippen molar-refractivity contribution in [2.45, 2.75) is 30.7 Å². The van der Waals surface area contributed by atoms with Gasteiger partial charge in [0.05, 0.1) is 4.90 Å². The standard InChI is InChI=1S/C12H14ClN3O4S/c1-6-8(13)4-7(5-9(6)14)21(19,20)16-10-2-3-11(17)15-12(10)18/h4-5,10,16H,2-3,14H2,1H3,(H,15,17,18). The molecular formula is C12H14ClN3O4S. The lowest BCUT2D eigenvalue weighted by atomic mass is 10.1. The Labute approximate surface area is 126 Å². The highest BCUT2D eigenvalue weighted by molar-refractivity contribution is 7.89. The van der Waals surface area contributed by atoms with Crippen LogP contribution in [0.5, 0.6) is 0 Å². The molecule has 114 valence electrons. The minimum Gasteiger partial charge on any atom is -0.398 e. The van der Waals surface area contributed by atoms with Gasteiger partial charge in [0.15, 0.2) is 0 Å². The zero-order valence-electron chi connectivity index (χ0n) is 11.1. The first kappa shape index (κ1) is 15.7. The van der Waals surface area contributed by atoms with Crippen molar-refractivity contribution in [1.29, 1.82) is 0 Å². The highest BCUT2D eigenvalue weighted by Gasteiger charge is 2.31. The van der Waals surface area contributed by atoms with Crippen LogP contribution in [-0.4, -0.2) is 26.3 Å². The van der Waals surface area contributed by atoms with Crippen LogP contribution in [0.4, 0.5) is 5.69 Å². The van der Waals surface area contributed by atoms with Crippen LogP contribution < -0.4 is 15.8 Å². The number of rotatable bonds is 3. The summed E-state index contributed by atoms with van der Waals surface area (Å²) in [5.74, 6) is -1.08. The molecule has 2 rings (SSSR count). The lowest BCUT2D eigenvalue weighted by Crippen LogP contribution is -2.52. The molecule has 1 unspecified atom stereocenters. The lowest BCUT2D eigenvalue weighted by molar-refractivity contribution is -0.134. The van der Waals surface area contributed by atoms with Crippen LogP contribution in [0, 0.1) is 6.92 Å². The van der Waals surface area contributed by atoms with Crippen molar-refractivity contribution >= 4 is 39.1 Å². The maximum absolute atomic E-state index is 12.3. The molecule has 1 heterocycles. The van der Waals surface area contributed by atoms with Gasteiger partial charge in [-0.2, -0.15) is 4.72 Å². The van der Waals surface area contributed by atoms with E-state index in [2.05, 4.69) is 10.0 Å². The van der Waals surface area contributed by atoms with E-state index in [9.17, 15) is 18.0 Å². The van der Waals surface area contributed by atoms with Crippen molar-refractivity contribution in [2.24, 2.45) is 0 Å². The zero-order valence-corrected chi connectivity index (χ0v) is 12.7. The van der Waals surface area contributed by atoms with E-state index in [1.165, 1.54) is 12.1 Å². The summed E-state index contributed by atoms with van der Waals surface area (Å²) >= 11 is 5.92. The van der Waals surface area contributed by atoms with E-state index in [0.29, 0.717) is 5.56 Å². The minimum absolute atomic E-state index is 0.0791. The summed E-state index contributed by atoms with van der Waals surface area (Å²) in [5.41, 5.74) is 6.52. The van der Waals surface area contributed by atoms with Crippen molar-refractivity contribution in [3.63, 3.8) is 0 Å². The van der Waals surface area contributed by atoms with Crippen molar-refractivity contribution in [3.05, 3.63) is 22.7 Å². The Morgan fingerprint density at radius 2 is 2.05 bits per heavy atom. The molecule has 4 N–H and O–H groups in total. The van der Waals surface area contributed by atoms with Gasteiger partial charge in [0.1, 0.15) is 6.04 Å². The lowest BCUT2D eigenvalue weighted by Gasteiger charge is -2.22. The average molecular weight is 332 g/mol. The van der Waals surface area contributed by atoms with Crippen LogP contribution in [0.2, 0.25) is 5.02 Å². The molecule has 1 fully saturated rings. The van der Waals surface area contributed by atoms with Crippen LogP contribution >= 0.6 is 11.6 Å². The second-order valence-corrected chi connectivity index (χ2v) is 6.87. The molecule has 1 aromatic rings. The number of sulfonamides is 1. The maximum Gasteiger partial charge on any atom is 0.244 e. The quantitative estimate of drug-likeness (QED) is 0.544. The summed E-state index contributed by atoms with van der Waals surface area (Å²) in [5, 5.41) is 2.30. The third kappa shape index (κ3) is 3.34. The Hall–Kier alpha value is -1.64. The van der Waals surface area contributed by atoms with E-state index < -0.39 is 27.9 Å². The Kier molecular flexibility index (Phi) is 4.22. The molecule has 1 atom stereocenters. The van der Waals surface area contributed by atoms with Crippen molar-refractivity contribution < 1.29 is 18.0 Å². The first-order valence-electron chi connectivity index (χ1n) is 6.12. The van der Waals surface area contributed by atoms with Crippen LogP contribution in [0.25, 0.3) is 0 Å². The third-order valence-corrected chi connectivity index (χ3v) is 5.05. The van der Waals surface area contributed by atoms with Gasteiger partial charge >= 0.3 is 0 Å². The van der Waals surface area contributed by atoms with Gasteiger partial charge in [-0.3, -0.25) is 14.9 Å². The SMILES string of the molecule is Cc1c(N)cc(S(=O)(=O)NC2CCC(=O)NC2=O)cc1Cl. The van der Waals surface area contributed by atoms with Gasteiger partial charge < -0.3 is 5.73 Å². The summed E-state index contributed by atoms with van der Waals surface area (Å²) in [6.45, 7) is 1.67. The van der Waals surface area contributed by atoms with Gasteiger partial charge in [-0.25, -0.2) is 8.42 Å².